The molecule has 2 aromatic carbocycles. The number of carbonyl (C=O) groups is 2. The second-order valence-electron chi connectivity index (χ2n) is 9.98. The molecule has 2 aliphatic rings. The van der Waals surface area contributed by atoms with Crippen LogP contribution < -0.4 is 14.7 Å². The van der Waals surface area contributed by atoms with Crippen molar-refractivity contribution >= 4 is 17.4 Å². The molecule has 202 valence electrons. The first kappa shape index (κ1) is 26.6. The fourth-order valence-electron chi connectivity index (χ4n) is 5.24. The van der Waals surface area contributed by atoms with Gasteiger partial charge in [0.1, 0.15) is 25.4 Å². The summed E-state index contributed by atoms with van der Waals surface area (Å²) >= 11 is 0. The van der Waals surface area contributed by atoms with Gasteiger partial charge in [-0.15, -0.1) is 0 Å². The summed E-state index contributed by atoms with van der Waals surface area (Å²) in [6, 6.07) is 17.8. The maximum atomic E-state index is 13.8. The fraction of sp³-hybridized carbons (Fsp3) is 0.323. The summed E-state index contributed by atoms with van der Waals surface area (Å²) in [6.07, 6.45) is 3.97. The molecule has 2 saturated heterocycles. The molecule has 2 fully saturated rings. The number of ketones is 1. The van der Waals surface area contributed by atoms with Crippen LogP contribution in [0.1, 0.15) is 34.7 Å². The molecule has 8 heteroatoms. The number of morpholine rings is 1. The van der Waals surface area contributed by atoms with E-state index in [1.807, 2.05) is 43.3 Å². The molecule has 0 radical (unpaired) electrons. The third-order valence-corrected chi connectivity index (χ3v) is 7.33. The Balaban J connectivity index is 1.40. The van der Waals surface area contributed by atoms with Crippen LogP contribution >= 0.6 is 0 Å². The van der Waals surface area contributed by atoms with Crippen LogP contribution in [0.25, 0.3) is 5.76 Å². The van der Waals surface area contributed by atoms with E-state index >= 15 is 0 Å². The highest BCUT2D eigenvalue weighted by Gasteiger charge is 2.44. The SMILES string of the molecule is Cc1cc(C([O-])=C2C(=O)C(=O)N(CCC[NH+]3CCOCC3)C2c2cccnc2)ccc1OCc1ccccc1. The fourth-order valence-corrected chi connectivity index (χ4v) is 5.24. The number of amides is 1. The van der Waals surface area contributed by atoms with Crippen LogP contribution in [-0.4, -0.2) is 61.0 Å². The average molecular weight is 528 g/mol. The van der Waals surface area contributed by atoms with Crippen LogP contribution in [0.3, 0.4) is 0 Å². The van der Waals surface area contributed by atoms with Gasteiger partial charge in [-0.25, -0.2) is 0 Å². The van der Waals surface area contributed by atoms with Crippen molar-refractivity contribution in [2.45, 2.75) is 26.0 Å². The van der Waals surface area contributed by atoms with E-state index < -0.39 is 23.5 Å². The highest BCUT2D eigenvalue weighted by molar-refractivity contribution is 6.46. The number of pyridine rings is 1. The van der Waals surface area contributed by atoms with Gasteiger partial charge in [0.2, 0.25) is 5.78 Å². The van der Waals surface area contributed by atoms with Crippen molar-refractivity contribution in [3.63, 3.8) is 0 Å². The Hall–Kier alpha value is -4.01. The minimum Gasteiger partial charge on any atom is -0.872 e. The van der Waals surface area contributed by atoms with Gasteiger partial charge >= 0.3 is 0 Å². The summed E-state index contributed by atoms with van der Waals surface area (Å²) in [6.45, 7) is 6.85. The van der Waals surface area contributed by atoms with E-state index in [9.17, 15) is 14.7 Å². The second kappa shape index (κ2) is 12.2. The van der Waals surface area contributed by atoms with E-state index in [4.69, 9.17) is 9.47 Å². The molecular formula is C31H33N3O5. The minimum atomic E-state index is -0.764. The Morgan fingerprint density at radius 1 is 1.10 bits per heavy atom. The molecule has 2 aliphatic heterocycles. The normalized spacial score (nSPS) is 19.4. The molecule has 0 spiro atoms. The van der Waals surface area contributed by atoms with Crippen LogP contribution in [0.5, 0.6) is 5.75 Å². The lowest BCUT2D eigenvalue weighted by molar-refractivity contribution is -0.908. The summed E-state index contributed by atoms with van der Waals surface area (Å²) < 4.78 is 11.4. The summed E-state index contributed by atoms with van der Waals surface area (Å²) in [5.41, 5.74) is 2.79. The van der Waals surface area contributed by atoms with Crippen molar-refractivity contribution in [2.75, 3.05) is 39.4 Å². The Morgan fingerprint density at radius 3 is 2.62 bits per heavy atom. The minimum absolute atomic E-state index is 0.0240. The molecule has 1 amide bonds. The molecule has 39 heavy (non-hydrogen) atoms. The zero-order valence-corrected chi connectivity index (χ0v) is 22.1. The number of nitrogens with one attached hydrogen (secondary N) is 1. The van der Waals surface area contributed by atoms with E-state index in [0.717, 1.165) is 50.4 Å². The maximum absolute atomic E-state index is 13.8. The number of rotatable bonds is 9. The number of quaternary nitrogens is 1. The molecule has 0 saturated carbocycles. The van der Waals surface area contributed by atoms with E-state index in [2.05, 4.69) is 4.98 Å². The summed E-state index contributed by atoms with van der Waals surface area (Å²) in [7, 11) is 0. The molecule has 1 N–H and O–H groups in total. The quantitative estimate of drug-likeness (QED) is 0.257. The monoisotopic (exact) mass is 527 g/mol. The van der Waals surface area contributed by atoms with Crippen molar-refractivity contribution in [3.05, 3.63) is 101 Å². The number of nitrogens with zero attached hydrogens (tertiary/aromatic N) is 2. The molecule has 0 bridgehead atoms. The van der Waals surface area contributed by atoms with Crippen molar-refractivity contribution in [1.82, 2.24) is 9.88 Å². The van der Waals surface area contributed by atoms with Crippen molar-refractivity contribution < 1.29 is 29.1 Å². The Labute approximate surface area is 228 Å². The number of hydrogen-bond donors (Lipinski definition) is 1. The number of carbonyl (C=O) groups excluding carboxylic acids is 2. The van der Waals surface area contributed by atoms with E-state index in [1.165, 1.54) is 9.80 Å². The van der Waals surface area contributed by atoms with Gasteiger partial charge in [-0.1, -0.05) is 48.2 Å². The van der Waals surface area contributed by atoms with E-state index in [-0.39, 0.29) is 5.57 Å². The average Bonchev–Trinajstić information content (AvgIpc) is 3.23. The first-order valence-electron chi connectivity index (χ1n) is 13.4. The second-order valence-corrected chi connectivity index (χ2v) is 9.98. The lowest BCUT2D eigenvalue weighted by Crippen LogP contribution is -3.14. The van der Waals surface area contributed by atoms with Crippen LogP contribution in [-0.2, 0) is 20.9 Å². The number of aromatic nitrogens is 1. The van der Waals surface area contributed by atoms with Crippen molar-refractivity contribution in [1.29, 1.82) is 0 Å². The smallest absolute Gasteiger partial charge is 0.295 e. The number of aryl methyl sites for hydroxylation is 1. The zero-order chi connectivity index (χ0) is 27.2. The Kier molecular flexibility index (Phi) is 8.34. The summed E-state index contributed by atoms with van der Waals surface area (Å²) in [5.74, 6) is -1.16. The molecular weight excluding hydrogens is 494 g/mol. The van der Waals surface area contributed by atoms with Gasteiger partial charge in [-0.2, -0.15) is 0 Å². The third kappa shape index (κ3) is 6.02. The van der Waals surface area contributed by atoms with Gasteiger partial charge in [0.15, 0.2) is 0 Å². The summed E-state index contributed by atoms with van der Waals surface area (Å²) in [4.78, 5) is 33.6. The van der Waals surface area contributed by atoms with E-state index in [1.54, 1.807) is 36.7 Å². The molecule has 3 aromatic rings. The number of hydrogen-bond acceptors (Lipinski definition) is 6. The predicted molar refractivity (Wildman–Crippen MR) is 144 cm³/mol. The number of ether oxygens (including phenoxy) is 2. The highest BCUT2D eigenvalue weighted by Crippen LogP contribution is 2.38. The van der Waals surface area contributed by atoms with Crippen LogP contribution in [0.15, 0.2) is 78.6 Å². The largest absolute Gasteiger partial charge is 0.872 e. The zero-order valence-electron chi connectivity index (χ0n) is 22.1. The molecule has 8 nitrogen and oxygen atoms in total. The maximum Gasteiger partial charge on any atom is 0.295 e. The molecule has 0 aliphatic carbocycles. The topological polar surface area (TPSA) is 96.2 Å². The standard InChI is InChI=1S/C31H33N3O5/c1-22-19-24(10-11-26(22)39-21-23-7-3-2-4-8-23)29(35)27-28(25-9-5-12-32-20-25)34(31(37)30(27)36)14-6-13-33-15-17-38-18-16-33/h2-5,7-12,19-20,28,35H,6,13-18,21H2,1H3. The lowest BCUT2D eigenvalue weighted by atomic mass is 9.95. The molecule has 1 unspecified atom stereocenters. The van der Waals surface area contributed by atoms with Gasteiger partial charge < -0.3 is 24.4 Å². The van der Waals surface area contributed by atoms with Gasteiger partial charge in [-0.3, -0.25) is 14.6 Å². The number of benzene rings is 2. The van der Waals surface area contributed by atoms with Crippen molar-refractivity contribution in [3.8, 4) is 5.75 Å². The molecule has 3 heterocycles. The van der Waals surface area contributed by atoms with E-state index in [0.29, 0.717) is 30.0 Å². The Bertz CT molecular complexity index is 1340. The summed E-state index contributed by atoms with van der Waals surface area (Å²) in [5, 5.41) is 13.8. The van der Waals surface area contributed by atoms with Crippen LogP contribution in [0.4, 0.5) is 0 Å². The third-order valence-electron chi connectivity index (χ3n) is 7.33. The molecule has 1 aromatic heterocycles. The molecule has 5 rings (SSSR count). The van der Waals surface area contributed by atoms with Gasteiger partial charge in [-0.05, 0) is 47.4 Å². The highest BCUT2D eigenvalue weighted by atomic mass is 16.5. The lowest BCUT2D eigenvalue weighted by Gasteiger charge is -2.28. The Morgan fingerprint density at radius 2 is 1.90 bits per heavy atom. The number of Topliss-reactive ketones (excluding diaryl/α,β-unsaturated/α-hetero) is 1. The van der Waals surface area contributed by atoms with Gasteiger partial charge in [0.25, 0.3) is 5.91 Å². The predicted octanol–water partition coefficient (Wildman–Crippen LogP) is 1.50. The molecule has 1 atom stereocenters. The van der Waals surface area contributed by atoms with Crippen LogP contribution in [0, 0.1) is 6.92 Å². The van der Waals surface area contributed by atoms with Crippen molar-refractivity contribution in [2.24, 2.45) is 0 Å². The first-order chi connectivity index (χ1) is 19.0. The van der Waals surface area contributed by atoms with Crippen LogP contribution in [0.2, 0.25) is 0 Å². The van der Waals surface area contributed by atoms with Gasteiger partial charge in [0.05, 0.1) is 25.8 Å². The van der Waals surface area contributed by atoms with Gasteiger partial charge in [0, 0.05) is 30.9 Å². The first-order valence-corrected chi connectivity index (χ1v) is 13.4. The number of likely N-dealkylation sites (tertiary alicyclic amines) is 1.